The van der Waals surface area contributed by atoms with Crippen LogP contribution in [-0.2, 0) is 13.0 Å². The number of nitrogens with one attached hydrogen (secondary N) is 2. The number of benzene rings is 1. The molecule has 1 saturated carbocycles. The first-order chi connectivity index (χ1) is 8.90. The van der Waals surface area contributed by atoms with E-state index in [0.717, 1.165) is 24.8 Å². The fraction of sp³-hybridized carbons (Fsp3) is 0.400. The molecule has 18 heavy (non-hydrogen) atoms. The molecule has 1 fully saturated rings. The summed E-state index contributed by atoms with van der Waals surface area (Å²) >= 11 is 0. The Bertz CT molecular complexity index is 569. The van der Waals surface area contributed by atoms with Gasteiger partial charge in [-0.1, -0.05) is 24.3 Å². The van der Waals surface area contributed by atoms with Gasteiger partial charge in [-0.25, -0.2) is 4.98 Å². The van der Waals surface area contributed by atoms with Crippen molar-refractivity contribution in [2.75, 3.05) is 0 Å². The fourth-order valence-corrected chi connectivity index (χ4v) is 2.69. The van der Waals surface area contributed by atoms with Crippen molar-refractivity contribution in [2.45, 2.75) is 37.8 Å². The largest absolute Gasteiger partial charge is 0.344 e. The Morgan fingerprint density at radius 2 is 2.17 bits per heavy atom. The van der Waals surface area contributed by atoms with Gasteiger partial charge in [0.15, 0.2) is 0 Å². The predicted molar refractivity (Wildman–Crippen MR) is 70.4 cm³/mol. The maximum atomic E-state index is 4.54. The molecular weight excluding hydrogens is 222 g/mol. The van der Waals surface area contributed by atoms with Crippen LogP contribution in [0.15, 0.2) is 30.5 Å². The Kier molecular flexibility index (Phi) is 2.27. The number of nitrogens with zero attached hydrogens (tertiary/aromatic N) is 1. The molecule has 3 nitrogen and oxygen atoms in total. The van der Waals surface area contributed by atoms with Crippen molar-refractivity contribution in [2.24, 2.45) is 0 Å². The lowest BCUT2D eigenvalue weighted by molar-refractivity contribution is 0.653. The molecule has 2 N–H and O–H groups in total. The normalized spacial score (nSPS) is 21.4. The maximum Gasteiger partial charge on any atom is 0.114 e. The third-order valence-corrected chi connectivity index (χ3v) is 3.99. The third-order valence-electron chi connectivity index (χ3n) is 3.99. The molecule has 3 heteroatoms. The van der Waals surface area contributed by atoms with Gasteiger partial charge in [-0.05, 0) is 30.4 Å². The van der Waals surface area contributed by atoms with Gasteiger partial charge in [0.25, 0.3) is 0 Å². The van der Waals surface area contributed by atoms with Crippen molar-refractivity contribution < 1.29 is 0 Å². The van der Waals surface area contributed by atoms with E-state index in [0.29, 0.717) is 5.92 Å². The summed E-state index contributed by atoms with van der Waals surface area (Å²) in [6, 6.07) is 9.41. The van der Waals surface area contributed by atoms with E-state index in [2.05, 4.69) is 39.6 Å². The summed E-state index contributed by atoms with van der Waals surface area (Å²) in [6.45, 7) is 0.923. The van der Waals surface area contributed by atoms with Crippen LogP contribution in [0.2, 0.25) is 0 Å². The van der Waals surface area contributed by atoms with Crippen LogP contribution < -0.4 is 5.32 Å². The Hall–Kier alpha value is -1.61. The number of hydrogen-bond donors (Lipinski definition) is 2. The van der Waals surface area contributed by atoms with E-state index in [-0.39, 0.29) is 0 Å². The van der Waals surface area contributed by atoms with Crippen molar-refractivity contribution in [3.8, 4) is 0 Å². The molecule has 2 aliphatic carbocycles. The van der Waals surface area contributed by atoms with Crippen LogP contribution in [0.1, 0.15) is 41.4 Å². The number of aromatic nitrogens is 2. The molecule has 0 aliphatic heterocycles. The minimum absolute atomic E-state index is 0.482. The second-order valence-corrected chi connectivity index (χ2v) is 5.40. The average Bonchev–Trinajstić information content (AvgIpc) is 3.08. The van der Waals surface area contributed by atoms with Crippen molar-refractivity contribution in [3.05, 3.63) is 53.1 Å². The van der Waals surface area contributed by atoms with E-state index in [4.69, 9.17) is 0 Å². The zero-order chi connectivity index (χ0) is 11.9. The van der Waals surface area contributed by atoms with Gasteiger partial charge < -0.3 is 10.3 Å². The molecule has 0 amide bonds. The topological polar surface area (TPSA) is 40.7 Å². The number of rotatable bonds is 4. The van der Waals surface area contributed by atoms with Crippen LogP contribution in [-0.4, -0.2) is 16.0 Å². The lowest BCUT2D eigenvalue weighted by atomic mass is 9.77. The smallest absolute Gasteiger partial charge is 0.114 e. The summed E-state index contributed by atoms with van der Waals surface area (Å²) in [7, 11) is 0. The number of H-pyrrole nitrogens is 1. The minimum Gasteiger partial charge on any atom is -0.344 e. The van der Waals surface area contributed by atoms with E-state index < -0.39 is 0 Å². The highest BCUT2D eigenvalue weighted by atomic mass is 15.0. The van der Waals surface area contributed by atoms with Gasteiger partial charge in [-0.15, -0.1) is 0 Å². The highest BCUT2D eigenvalue weighted by Crippen LogP contribution is 2.38. The van der Waals surface area contributed by atoms with Crippen molar-refractivity contribution in [1.29, 1.82) is 0 Å². The highest BCUT2D eigenvalue weighted by molar-refractivity contribution is 5.44. The second kappa shape index (κ2) is 3.95. The van der Waals surface area contributed by atoms with E-state index in [1.807, 2.05) is 6.20 Å². The van der Waals surface area contributed by atoms with E-state index in [1.165, 1.54) is 29.7 Å². The molecule has 4 rings (SSSR count). The first-order valence-corrected chi connectivity index (χ1v) is 6.75. The fourth-order valence-electron chi connectivity index (χ4n) is 2.69. The molecule has 1 atom stereocenters. The van der Waals surface area contributed by atoms with Crippen LogP contribution in [0.25, 0.3) is 0 Å². The van der Waals surface area contributed by atoms with Crippen molar-refractivity contribution in [1.82, 2.24) is 15.3 Å². The third kappa shape index (κ3) is 1.75. The molecular formula is C15H17N3. The van der Waals surface area contributed by atoms with Crippen molar-refractivity contribution >= 4 is 0 Å². The summed E-state index contributed by atoms with van der Waals surface area (Å²) in [5.74, 6) is 1.61. The lowest BCUT2D eigenvalue weighted by Gasteiger charge is -2.28. The van der Waals surface area contributed by atoms with Crippen molar-refractivity contribution in [3.63, 3.8) is 0 Å². The molecule has 0 radical (unpaired) electrons. The predicted octanol–water partition coefficient (Wildman–Crippen LogP) is 2.35. The summed E-state index contributed by atoms with van der Waals surface area (Å²) < 4.78 is 0. The quantitative estimate of drug-likeness (QED) is 0.860. The van der Waals surface area contributed by atoms with Gasteiger partial charge in [0.1, 0.15) is 5.82 Å². The monoisotopic (exact) mass is 239 g/mol. The Balaban J connectivity index is 1.49. The zero-order valence-electron chi connectivity index (χ0n) is 10.3. The number of fused-ring (bicyclic) bond motifs is 1. The molecule has 0 bridgehead atoms. The SMILES string of the molecule is c1ccc2c(c1)CC2c1ncc(CNC2CC2)[nH]1. The summed E-state index contributed by atoms with van der Waals surface area (Å²) in [4.78, 5) is 8.01. The Labute approximate surface area is 107 Å². The Morgan fingerprint density at radius 1 is 1.28 bits per heavy atom. The molecule has 2 aliphatic rings. The van der Waals surface area contributed by atoms with E-state index >= 15 is 0 Å². The lowest BCUT2D eigenvalue weighted by Crippen LogP contribution is -2.19. The van der Waals surface area contributed by atoms with Crippen LogP contribution >= 0.6 is 0 Å². The van der Waals surface area contributed by atoms with Crippen LogP contribution in [0.5, 0.6) is 0 Å². The molecule has 92 valence electrons. The summed E-state index contributed by atoms with van der Waals surface area (Å²) in [6.07, 6.45) is 5.76. The standard InChI is InChI=1S/C15H17N3/c1-2-4-13-10(3-1)7-14(13)15-17-9-12(18-15)8-16-11-5-6-11/h1-4,9,11,14,16H,5-8H2,(H,17,18). The molecule has 1 aromatic heterocycles. The second-order valence-electron chi connectivity index (χ2n) is 5.40. The minimum atomic E-state index is 0.482. The van der Waals surface area contributed by atoms with Gasteiger partial charge in [0.05, 0.1) is 0 Å². The first-order valence-electron chi connectivity index (χ1n) is 6.75. The van der Waals surface area contributed by atoms with Gasteiger partial charge in [-0.2, -0.15) is 0 Å². The maximum absolute atomic E-state index is 4.54. The van der Waals surface area contributed by atoms with Crippen LogP contribution in [0, 0.1) is 0 Å². The molecule has 2 aromatic rings. The number of aromatic amines is 1. The molecule has 0 spiro atoms. The molecule has 1 heterocycles. The highest BCUT2D eigenvalue weighted by Gasteiger charge is 2.29. The van der Waals surface area contributed by atoms with E-state index in [9.17, 15) is 0 Å². The van der Waals surface area contributed by atoms with E-state index in [1.54, 1.807) is 0 Å². The Morgan fingerprint density at radius 3 is 3.00 bits per heavy atom. The van der Waals surface area contributed by atoms with Gasteiger partial charge in [0, 0.05) is 30.4 Å². The zero-order valence-corrected chi connectivity index (χ0v) is 10.3. The number of imidazole rings is 1. The molecule has 1 aromatic carbocycles. The summed E-state index contributed by atoms with van der Waals surface area (Å²) in [5.41, 5.74) is 4.12. The van der Waals surface area contributed by atoms with Gasteiger partial charge >= 0.3 is 0 Å². The molecule has 0 saturated heterocycles. The average molecular weight is 239 g/mol. The van der Waals surface area contributed by atoms with Gasteiger partial charge in [0.2, 0.25) is 0 Å². The molecule has 1 unspecified atom stereocenters. The summed E-state index contributed by atoms with van der Waals surface area (Å²) in [5, 5.41) is 3.51. The number of hydrogen-bond acceptors (Lipinski definition) is 2. The van der Waals surface area contributed by atoms with Crippen LogP contribution in [0.4, 0.5) is 0 Å². The van der Waals surface area contributed by atoms with Gasteiger partial charge in [-0.3, -0.25) is 0 Å². The van der Waals surface area contributed by atoms with Crippen LogP contribution in [0.3, 0.4) is 0 Å². The first kappa shape index (κ1) is 10.3.